The van der Waals surface area contributed by atoms with Gasteiger partial charge in [0.15, 0.2) is 0 Å². The van der Waals surface area contributed by atoms with E-state index in [0.717, 1.165) is 38.8 Å². The maximum absolute atomic E-state index is 10.7. The van der Waals surface area contributed by atoms with E-state index >= 15 is 0 Å². The highest BCUT2D eigenvalue weighted by molar-refractivity contribution is 6.48. The highest BCUT2D eigenvalue weighted by Gasteiger charge is 2.36. The SMILES string of the molecule is Cc1ccccc1C(NC(=N)c1ccccc1)c1ccc(-c2ccccc2)cc1BOC(C)(C)C(C)(C)O. The van der Waals surface area contributed by atoms with Crippen molar-refractivity contribution in [3.8, 4) is 11.1 Å². The zero-order chi connectivity index (χ0) is 27.3. The van der Waals surface area contributed by atoms with Gasteiger partial charge in [-0.3, -0.25) is 5.41 Å². The summed E-state index contributed by atoms with van der Waals surface area (Å²) < 4.78 is 6.39. The number of benzene rings is 4. The van der Waals surface area contributed by atoms with Crippen LogP contribution >= 0.6 is 0 Å². The molecule has 0 heterocycles. The normalized spacial score (nSPS) is 12.6. The number of nitrogens with one attached hydrogen (secondary N) is 2. The van der Waals surface area contributed by atoms with E-state index < -0.39 is 11.2 Å². The van der Waals surface area contributed by atoms with Crippen LogP contribution in [-0.4, -0.2) is 29.6 Å². The molecule has 38 heavy (non-hydrogen) atoms. The van der Waals surface area contributed by atoms with Crippen molar-refractivity contribution >= 4 is 18.8 Å². The zero-order valence-electron chi connectivity index (χ0n) is 23.0. The van der Waals surface area contributed by atoms with Crippen molar-refractivity contribution in [1.29, 1.82) is 5.41 Å². The Balaban J connectivity index is 1.82. The van der Waals surface area contributed by atoms with Crippen LogP contribution in [0.25, 0.3) is 11.1 Å². The lowest BCUT2D eigenvalue weighted by Crippen LogP contribution is -2.49. The number of hydrogen-bond donors (Lipinski definition) is 3. The molecule has 0 aliphatic rings. The Kier molecular flexibility index (Phi) is 8.20. The predicted octanol–water partition coefficient (Wildman–Crippen LogP) is 5.91. The Morgan fingerprint density at radius 2 is 1.39 bits per heavy atom. The summed E-state index contributed by atoms with van der Waals surface area (Å²) in [5, 5.41) is 23.1. The molecule has 0 fully saturated rings. The summed E-state index contributed by atoms with van der Waals surface area (Å²) in [6.45, 7) is 9.47. The van der Waals surface area contributed by atoms with E-state index in [4.69, 9.17) is 10.1 Å². The van der Waals surface area contributed by atoms with Crippen molar-refractivity contribution in [3.05, 3.63) is 125 Å². The smallest absolute Gasteiger partial charge is 0.309 e. The molecule has 4 aromatic carbocycles. The second-order valence-electron chi connectivity index (χ2n) is 10.8. The summed E-state index contributed by atoms with van der Waals surface area (Å²) in [6.07, 6.45) is 0. The van der Waals surface area contributed by atoms with Gasteiger partial charge in [0, 0.05) is 5.56 Å². The molecule has 5 heteroatoms. The van der Waals surface area contributed by atoms with Crippen LogP contribution in [0.2, 0.25) is 0 Å². The van der Waals surface area contributed by atoms with E-state index in [1.807, 2.05) is 74.5 Å². The first-order chi connectivity index (χ1) is 18.1. The second kappa shape index (κ2) is 11.4. The lowest BCUT2D eigenvalue weighted by molar-refractivity contribution is -0.0893. The van der Waals surface area contributed by atoms with E-state index in [1.165, 1.54) is 0 Å². The Morgan fingerprint density at radius 3 is 2.03 bits per heavy atom. The van der Waals surface area contributed by atoms with Crippen molar-refractivity contribution in [1.82, 2.24) is 5.32 Å². The van der Waals surface area contributed by atoms with Gasteiger partial charge < -0.3 is 15.1 Å². The molecule has 0 aromatic heterocycles. The number of rotatable bonds is 9. The van der Waals surface area contributed by atoms with Crippen LogP contribution < -0.4 is 10.8 Å². The van der Waals surface area contributed by atoms with Crippen LogP contribution in [0.5, 0.6) is 0 Å². The maximum atomic E-state index is 10.7. The van der Waals surface area contributed by atoms with E-state index in [1.54, 1.807) is 13.8 Å². The van der Waals surface area contributed by atoms with E-state index in [0.29, 0.717) is 13.3 Å². The topological polar surface area (TPSA) is 65.3 Å². The van der Waals surface area contributed by atoms with Crippen molar-refractivity contribution < 1.29 is 9.76 Å². The van der Waals surface area contributed by atoms with Gasteiger partial charge in [0.1, 0.15) is 5.84 Å². The summed E-state index contributed by atoms with van der Waals surface area (Å²) in [6, 6.07) is 34.5. The van der Waals surface area contributed by atoms with Crippen molar-refractivity contribution in [2.45, 2.75) is 51.9 Å². The monoisotopic (exact) mass is 504 g/mol. The van der Waals surface area contributed by atoms with Crippen molar-refractivity contribution in [3.63, 3.8) is 0 Å². The van der Waals surface area contributed by atoms with E-state index in [9.17, 15) is 5.11 Å². The number of aryl methyl sites for hydroxylation is 1. The molecule has 0 aliphatic heterocycles. The molecule has 0 radical (unpaired) electrons. The van der Waals surface area contributed by atoms with Gasteiger partial charge >= 0.3 is 7.48 Å². The Bertz CT molecular complexity index is 1380. The molecule has 0 saturated heterocycles. The lowest BCUT2D eigenvalue weighted by atomic mass is 9.76. The molecule has 0 saturated carbocycles. The van der Waals surface area contributed by atoms with Gasteiger partial charge in [-0.25, -0.2) is 0 Å². The standard InChI is InChI=1S/C33H37BN2O2/c1-23-14-12-13-19-27(23)30(36-31(35)25-17-10-7-11-18-25)28-21-20-26(24-15-8-6-9-16-24)22-29(28)34-38-33(4,5)32(2,3)37/h6-22,30,34,37H,1-5H3,(H2,35,36). The summed E-state index contributed by atoms with van der Waals surface area (Å²) in [7, 11) is 0.315. The average Bonchev–Trinajstić information content (AvgIpc) is 2.91. The van der Waals surface area contributed by atoms with Gasteiger partial charge in [-0.1, -0.05) is 103 Å². The van der Waals surface area contributed by atoms with Gasteiger partial charge in [-0.05, 0) is 67.9 Å². The summed E-state index contributed by atoms with van der Waals surface area (Å²) in [5.74, 6) is 0.356. The van der Waals surface area contributed by atoms with E-state index in [2.05, 4.69) is 54.7 Å². The molecule has 194 valence electrons. The fourth-order valence-electron chi connectivity index (χ4n) is 4.32. The molecule has 0 spiro atoms. The van der Waals surface area contributed by atoms with Crippen LogP contribution in [0, 0.1) is 12.3 Å². The number of aliphatic hydroxyl groups is 1. The highest BCUT2D eigenvalue weighted by atomic mass is 16.5. The lowest BCUT2D eigenvalue weighted by Gasteiger charge is -2.38. The van der Waals surface area contributed by atoms with Crippen molar-refractivity contribution in [2.75, 3.05) is 0 Å². The molecule has 1 unspecified atom stereocenters. The molecule has 0 bridgehead atoms. The van der Waals surface area contributed by atoms with Gasteiger partial charge in [-0.2, -0.15) is 0 Å². The Labute approximate surface area is 227 Å². The predicted molar refractivity (Wildman–Crippen MR) is 160 cm³/mol. The molecule has 4 nitrogen and oxygen atoms in total. The fraction of sp³-hybridized carbons (Fsp3) is 0.242. The summed E-state index contributed by atoms with van der Waals surface area (Å²) >= 11 is 0. The van der Waals surface area contributed by atoms with Crippen LogP contribution in [0.15, 0.2) is 103 Å². The maximum Gasteiger partial charge on any atom is 0.309 e. The van der Waals surface area contributed by atoms with Crippen LogP contribution in [0.3, 0.4) is 0 Å². The molecule has 3 N–H and O–H groups in total. The fourth-order valence-corrected chi connectivity index (χ4v) is 4.32. The van der Waals surface area contributed by atoms with E-state index in [-0.39, 0.29) is 6.04 Å². The highest BCUT2D eigenvalue weighted by Crippen LogP contribution is 2.29. The first kappa shape index (κ1) is 27.4. The molecule has 0 aliphatic carbocycles. The van der Waals surface area contributed by atoms with Crippen LogP contribution in [0.1, 0.15) is 56.0 Å². The minimum Gasteiger partial charge on any atom is -0.427 e. The van der Waals surface area contributed by atoms with Crippen LogP contribution in [0.4, 0.5) is 0 Å². The number of amidine groups is 1. The minimum absolute atomic E-state index is 0.266. The van der Waals surface area contributed by atoms with Gasteiger partial charge in [0.05, 0.1) is 17.2 Å². The zero-order valence-corrected chi connectivity index (χ0v) is 23.0. The molecule has 0 amide bonds. The third-order valence-corrected chi connectivity index (χ3v) is 7.47. The largest absolute Gasteiger partial charge is 0.427 e. The number of hydrogen-bond acceptors (Lipinski definition) is 3. The summed E-state index contributed by atoms with van der Waals surface area (Å²) in [5.41, 5.74) is 5.54. The molecular weight excluding hydrogens is 467 g/mol. The van der Waals surface area contributed by atoms with Crippen LogP contribution in [-0.2, 0) is 4.65 Å². The third kappa shape index (κ3) is 6.24. The summed E-state index contributed by atoms with van der Waals surface area (Å²) in [4.78, 5) is 0. The first-order valence-electron chi connectivity index (χ1n) is 13.1. The quantitative estimate of drug-likeness (QED) is 0.151. The molecular formula is C33H37BN2O2. The van der Waals surface area contributed by atoms with Crippen molar-refractivity contribution in [2.24, 2.45) is 0 Å². The first-order valence-corrected chi connectivity index (χ1v) is 13.1. The third-order valence-electron chi connectivity index (χ3n) is 7.47. The second-order valence-corrected chi connectivity index (χ2v) is 10.8. The van der Waals surface area contributed by atoms with Gasteiger partial charge in [0.25, 0.3) is 0 Å². The Hall–Kier alpha value is -3.67. The molecule has 4 aromatic rings. The molecule has 1 atom stereocenters. The minimum atomic E-state index is -1.02. The van der Waals surface area contributed by atoms with Gasteiger partial charge in [0.2, 0.25) is 0 Å². The Morgan fingerprint density at radius 1 is 0.789 bits per heavy atom. The molecule has 4 rings (SSSR count). The average molecular weight is 504 g/mol. The van der Waals surface area contributed by atoms with Gasteiger partial charge in [-0.15, -0.1) is 0 Å².